The Morgan fingerprint density at radius 2 is 1.71 bits per heavy atom. The van der Waals surface area contributed by atoms with E-state index in [0.717, 1.165) is 11.3 Å². The van der Waals surface area contributed by atoms with Crippen LogP contribution in [0.15, 0.2) is 48.7 Å². The maximum atomic E-state index is 4.57. The topological polar surface area (TPSA) is 17.3 Å². The SMILES string of the molecule is Cc1ccc(-c2c(C)nc3ccccn23)cc1. The fourth-order valence-corrected chi connectivity index (χ4v) is 2.17. The van der Waals surface area contributed by atoms with E-state index in [0.29, 0.717) is 0 Å². The second kappa shape index (κ2) is 3.74. The van der Waals surface area contributed by atoms with Crippen LogP contribution in [0.25, 0.3) is 16.9 Å². The van der Waals surface area contributed by atoms with Crippen LogP contribution in [0.5, 0.6) is 0 Å². The first-order valence-electron chi connectivity index (χ1n) is 5.76. The fraction of sp³-hybridized carbons (Fsp3) is 0.133. The summed E-state index contributed by atoms with van der Waals surface area (Å²) in [6.07, 6.45) is 2.06. The van der Waals surface area contributed by atoms with Crippen molar-refractivity contribution in [3.63, 3.8) is 0 Å². The van der Waals surface area contributed by atoms with Crippen molar-refractivity contribution < 1.29 is 0 Å². The Morgan fingerprint density at radius 1 is 0.941 bits per heavy atom. The van der Waals surface area contributed by atoms with Crippen molar-refractivity contribution in [2.24, 2.45) is 0 Å². The number of hydrogen-bond acceptors (Lipinski definition) is 1. The Balaban J connectivity index is 2.29. The summed E-state index contributed by atoms with van der Waals surface area (Å²) in [7, 11) is 0. The van der Waals surface area contributed by atoms with Gasteiger partial charge in [0.2, 0.25) is 0 Å². The maximum Gasteiger partial charge on any atom is 0.137 e. The highest BCUT2D eigenvalue weighted by Crippen LogP contribution is 2.24. The van der Waals surface area contributed by atoms with Crippen LogP contribution in [-0.2, 0) is 0 Å². The zero-order valence-electron chi connectivity index (χ0n) is 10.0. The summed E-state index contributed by atoms with van der Waals surface area (Å²) in [6.45, 7) is 4.16. The van der Waals surface area contributed by atoms with E-state index >= 15 is 0 Å². The highest BCUT2D eigenvalue weighted by molar-refractivity contribution is 5.67. The molecule has 3 aromatic rings. The van der Waals surface area contributed by atoms with Gasteiger partial charge in [-0.05, 0) is 26.0 Å². The van der Waals surface area contributed by atoms with E-state index in [4.69, 9.17) is 0 Å². The van der Waals surface area contributed by atoms with E-state index in [1.165, 1.54) is 16.8 Å². The molecular weight excluding hydrogens is 208 g/mol. The molecular formula is C15H14N2. The molecule has 0 aliphatic carbocycles. The molecule has 0 N–H and O–H groups in total. The van der Waals surface area contributed by atoms with Gasteiger partial charge in [0, 0.05) is 11.8 Å². The zero-order valence-corrected chi connectivity index (χ0v) is 10.0. The summed E-state index contributed by atoms with van der Waals surface area (Å²) in [6, 6.07) is 14.7. The molecule has 0 aliphatic heterocycles. The first kappa shape index (κ1) is 10.1. The summed E-state index contributed by atoms with van der Waals surface area (Å²) < 4.78 is 2.14. The van der Waals surface area contributed by atoms with Crippen LogP contribution in [0.4, 0.5) is 0 Å². The molecule has 0 radical (unpaired) electrons. The third-order valence-electron chi connectivity index (χ3n) is 3.03. The molecule has 0 fully saturated rings. The van der Waals surface area contributed by atoms with E-state index in [-0.39, 0.29) is 0 Å². The van der Waals surface area contributed by atoms with Gasteiger partial charge in [-0.1, -0.05) is 35.9 Å². The Bertz CT molecular complexity index is 663. The molecule has 0 saturated carbocycles. The average molecular weight is 222 g/mol. The first-order chi connectivity index (χ1) is 8.25. The predicted molar refractivity (Wildman–Crippen MR) is 70.1 cm³/mol. The lowest BCUT2D eigenvalue weighted by atomic mass is 10.1. The molecule has 0 spiro atoms. The fourth-order valence-electron chi connectivity index (χ4n) is 2.17. The van der Waals surface area contributed by atoms with Crippen molar-refractivity contribution in [2.45, 2.75) is 13.8 Å². The second-order valence-electron chi connectivity index (χ2n) is 4.34. The minimum atomic E-state index is 1.00. The second-order valence-corrected chi connectivity index (χ2v) is 4.34. The lowest BCUT2D eigenvalue weighted by molar-refractivity contribution is 1.19. The highest BCUT2D eigenvalue weighted by Gasteiger charge is 2.09. The summed E-state index contributed by atoms with van der Waals surface area (Å²) >= 11 is 0. The summed E-state index contributed by atoms with van der Waals surface area (Å²) in [5.41, 5.74) is 5.74. The third kappa shape index (κ3) is 1.62. The van der Waals surface area contributed by atoms with Gasteiger partial charge >= 0.3 is 0 Å². The molecule has 84 valence electrons. The number of pyridine rings is 1. The molecule has 2 nitrogen and oxygen atoms in total. The van der Waals surface area contributed by atoms with E-state index in [1.54, 1.807) is 0 Å². The van der Waals surface area contributed by atoms with Crippen molar-refractivity contribution >= 4 is 5.65 Å². The Labute approximate surface area is 101 Å². The molecule has 0 atom stereocenters. The van der Waals surface area contributed by atoms with Gasteiger partial charge in [0.25, 0.3) is 0 Å². The van der Waals surface area contributed by atoms with Gasteiger partial charge in [0.05, 0.1) is 11.4 Å². The van der Waals surface area contributed by atoms with Crippen LogP contribution in [0.3, 0.4) is 0 Å². The number of aryl methyl sites for hydroxylation is 2. The summed E-state index contributed by atoms with van der Waals surface area (Å²) in [4.78, 5) is 4.57. The van der Waals surface area contributed by atoms with Crippen LogP contribution in [-0.4, -0.2) is 9.38 Å². The molecule has 17 heavy (non-hydrogen) atoms. The van der Waals surface area contributed by atoms with Crippen molar-refractivity contribution in [3.8, 4) is 11.3 Å². The van der Waals surface area contributed by atoms with E-state index in [9.17, 15) is 0 Å². The minimum absolute atomic E-state index is 1.00. The van der Waals surface area contributed by atoms with E-state index in [1.807, 2.05) is 18.2 Å². The van der Waals surface area contributed by atoms with Crippen LogP contribution in [0.2, 0.25) is 0 Å². The number of imidazole rings is 1. The molecule has 0 saturated heterocycles. The molecule has 2 aromatic heterocycles. The maximum absolute atomic E-state index is 4.57. The molecule has 0 unspecified atom stereocenters. The first-order valence-corrected chi connectivity index (χ1v) is 5.76. The Morgan fingerprint density at radius 3 is 2.47 bits per heavy atom. The van der Waals surface area contributed by atoms with Gasteiger partial charge in [-0.2, -0.15) is 0 Å². The van der Waals surface area contributed by atoms with E-state index in [2.05, 4.69) is 53.7 Å². The average Bonchev–Trinajstić information content (AvgIpc) is 2.66. The van der Waals surface area contributed by atoms with Gasteiger partial charge < -0.3 is 0 Å². The summed E-state index contributed by atoms with van der Waals surface area (Å²) in [5, 5.41) is 0. The molecule has 0 amide bonds. The van der Waals surface area contributed by atoms with Gasteiger partial charge in [-0.15, -0.1) is 0 Å². The van der Waals surface area contributed by atoms with E-state index < -0.39 is 0 Å². The Kier molecular flexibility index (Phi) is 2.22. The predicted octanol–water partition coefficient (Wildman–Crippen LogP) is 3.62. The molecule has 3 rings (SSSR count). The monoisotopic (exact) mass is 222 g/mol. The quantitative estimate of drug-likeness (QED) is 0.614. The number of aromatic nitrogens is 2. The number of benzene rings is 1. The third-order valence-corrected chi connectivity index (χ3v) is 3.03. The summed E-state index contributed by atoms with van der Waals surface area (Å²) in [5.74, 6) is 0. The number of fused-ring (bicyclic) bond motifs is 1. The molecule has 1 aromatic carbocycles. The normalized spacial score (nSPS) is 10.9. The number of rotatable bonds is 1. The van der Waals surface area contributed by atoms with Gasteiger partial charge in [-0.25, -0.2) is 4.98 Å². The van der Waals surface area contributed by atoms with Crippen molar-refractivity contribution in [3.05, 3.63) is 59.9 Å². The molecule has 2 heterocycles. The lowest BCUT2D eigenvalue weighted by Crippen LogP contribution is -1.88. The lowest BCUT2D eigenvalue weighted by Gasteiger charge is -2.03. The van der Waals surface area contributed by atoms with Crippen molar-refractivity contribution in [2.75, 3.05) is 0 Å². The number of nitrogens with zero attached hydrogens (tertiary/aromatic N) is 2. The van der Waals surface area contributed by atoms with Crippen LogP contribution >= 0.6 is 0 Å². The van der Waals surface area contributed by atoms with Crippen LogP contribution in [0.1, 0.15) is 11.3 Å². The number of hydrogen-bond donors (Lipinski definition) is 0. The van der Waals surface area contributed by atoms with Crippen molar-refractivity contribution in [1.29, 1.82) is 0 Å². The van der Waals surface area contributed by atoms with Crippen LogP contribution in [0, 0.1) is 13.8 Å². The standard InChI is InChI=1S/C15H14N2/c1-11-6-8-13(9-7-11)15-12(2)16-14-5-3-4-10-17(14)15/h3-10H,1-2H3. The van der Waals surface area contributed by atoms with Gasteiger partial charge in [-0.3, -0.25) is 4.40 Å². The van der Waals surface area contributed by atoms with Crippen LogP contribution < -0.4 is 0 Å². The molecule has 0 bridgehead atoms. The minimum Gasteiger partial charge on any atom is -0.299 e. The van der Waals surface area contributed by atoms with Crippen molar-refractivity contribution in [1.82, 2.24) is 9.38 Å². The highest BCUT2D eigenvalue weighted by atomic mass is 15.0. The Hall–Kier alpha value is -2.09. The largest absolute Gasteiger partial charge is 0.299 e. The smallest absolute Gasteiger partial charge is 0.137 e. The van der Waals surface area contributed by atoms with Gasteiger partial charge in [0.15, 0.2) is 0 Å². The molecule has 2 heteroatoms. The molecule has 0 aliphatic rings. The van der Waals surface area contributed by atoms with Gasteiger partial charge in [0.1, 0.15) is 5.65 Å². The zero-order chi connectivity index (χ0) is 11.8.